The van der Waals surface area contributed by atoms with Crippen molar-refractivity contribution in [2.45, 2.75) is 161 Å². The summed E-state index contributed by atoms with van der Waals surface area (Å²) in [5, 5.41) is 54.1. The molecule has 6 amide bonds. The maximum Gasteiger partial charge on any atom is 0.326 e. The molecule has 328 valence electrons. The normalized spacial score (nSPS) is 16.2. The van der Waals surface area contributed by atoms with Crippen LogP contribution >= 0.6 is 0 Å². The second-order valence-electron chi connectivity index (χ2n) is 15.8. The molecule has 0 rings (SSSR count). The molecule has 0 aliphatic heterocycles. The molecule has 0 aliphatic carbocycles. The van der Waals surface area contributed by atoms with Crippen molar-refractivity contribution in [3.8, 4) is 0 Å². The Morgan fingerprint density at radius 3 is 1.30 bits per heavy atom. The summed E-state index contributed by atoms with van der Waals surface area (Å²) in [4.78, 5) is 104. The number of aliphatic carboxylic acids is 2. The van der Waals surface area contributed by atoms with Crippen LogP contribution < -0.4 is 43.4 Å². The fourth-order valence-corrected chi connectivity index (χ4v) is 5.74. The highest BCUT2D eigenvalue weighted by Crippen LogP contribution is 2.11. The molecule has 20 heteroatoms. The van der Waals surface area contributed by atoms with Gasteiger partial charge in [0.05, 0.1) is 24.7 Å². The van der Waals surface area contributed by atoms with Crippen molar-refractivity contribution in [1.82, 2.24) is 31.9 Å². The van der Waals surface area contributed by atoms with E-state index in [-0.39, 0.29) is 37.5 Å². The molecule has 0 spiro atoms. The van der Waals surface area contributed by atoms with Gasteiger partial charge in [0.15, 0.2) is 0 Å². The van der Waals surface area contributed by atoms with Crippen molar-refractivity contribution in [2.75, 3.05) is 6.54 Å². The van der Waals surface area contributed by atoms with Crippen LogP contribution in [0.4, 0.5) is 0 Å². The van der Waals surface area contributed by atoms with Gasteiger partial charge in [-0.25, -0.2) is 4.79 Å². The number of unbranched alkanes of at least 4 members (excludes halogenated alkanes) is 1. The van der Waals surface area contributed by atoms with Crippen LogP contribution in [0.5, 0.6) is 0 Å². The molecule has 0 aromatic carbocycles. The van der Waals surface area contributed by atoms with E-state index in [1.807, 2.05) is 13.8 Å². The van der Waals surface area contributed by atoms with Gasteiger partial charge in [-0.2, -0.15) is 0 Å². The summed E-state index contributed by atoms with van der Waals surface area (Å²) in [7, 11) is 0. The number of nitrogens with two attached hydrogens (primary N) is 2. The van der Waals surface area contributed by atoms with E-state index in [0.717, 1.165) is 0 Å². The van der Waals surface area contributed by atoms with E-state index in [0.29, 0.717) is 25.8 Å². The van der Waals surface area contributed by atoms with Crippen LogP contribution in [-0.4, -0.2) is 129 Å². The van der Waals surface area contributed by atoms with Crippen LogP contribution in [0.15, 0.2) is 0 Å². The zero-order valence-corrected chi connectivity index (χ0v) is 34.5. The minimum absolute atomic E-state index is 0.0327. The zero-order valence-electron chi connectivity index (χ0n) is 34.5. The molecule has 0 fully saturated rings. The number of carboxylic acid groups (broad SMARTS) is 2. The average Bonchev–Trinajstić information content (AvgIpc) is 3.07. The number of rotatable bonds is 28. The zero-order chi connectivity index (χ0) is 44.2. The summed E-state index contributed by atoms with van der Waals surface area (Å²) in [6.07, 6.45) is -2.67. The minimum Gasteiger partial charge on any atom is -0.481 e. The molecule has 14 N–H and O–H groups in total. The van der Waals surface area contributed by atoms with Gasteiger partial charge in [0.2, 0.25) is 35.4 Å². The third kappa shape index (κ3) is 21.6. The Hall–Kier alpha value is -4.40. The van der Waals surface area contributed by atoms with Gasteiger partial charge in [-0.05, 0) is 70.3 Å². The van der Waals surface area contributed by atoms with Gasteiger partial charge in [-0.15, -0.1) is 0 Å². The maximum absolute atomic E-state index is 13.6. The first-order valence-electron chi connectivity index (χ1n) is 19.5. The van der Waals surface area contributed by atoms with E-state index in [1.54, 1.807) is 27.7 Å². The Bertz CT molecular complexity index is 1340. The number of hydrogen-bond donors (Lipinski definition) is 12. The number of hydrogen-bond acceptors (Lipinski definition) is 12. The lowest BCUT2D eigenvalue weighted by molar-refractivity contribution is -0.142. The van der Waals surface area contributed by atoms with E-state index < -0.39 is 114 Å². The van der Waals surface area contributed by atoms with Crippen molar-refractivity contribution in [1.29, 1.82) is 0 Å². The fourth-order valence-electron chi connectivity index (χ4n) is 5.74. The second kappa shape index (κ2) is 26.5. The minimum atomic E-state index is -1.80. The first kappa shape index (κ1) is 52.6. The smallest absolute Gasteiger partial charge is 0.326 e. The number of carbonyl (C=O) groups is 8. The van der Waals surface area contributed by atoms with Gasteiger partial charge in [0.25, 0.3) is 0 Å². The molecule has 0 radical (unpaired) electrons. The molecule has 0 aromatic heterocycles. The quantitative estimate of drug-likeness (QED) is 0.0388. The predicted octanol–water partition coefficient (Wildman–Crippen LogP) is -1.80. The van der Waals surface area contributed by atoms with E-state index in [2.05, 4.69) is 31.9 Å². The lowest BCUT2D eigenvalue weighted by atomic mass is 9.99. The molecule has 57 heavy (non-hydrogen) atoms. The van der Waals surface area contributed by atoms with Gasteiger partial charge >= 0.3 is 11.9 Å². The van der Waals surface area contributed by atoms with Gasteiger partial charge < -0.3 is 63.8 Å². The third-order valence-corrected chi connectivity index (χ3v) is 8.64. The summed E-state index contributed by atoms with van der Waals surface area (Å²) in [5.74, 6) is -8.83. The number of carbonyl (C=O) groups excluding carboxylic acids is 6. The predicted molar refractivity (Wildman–Crippen MR) is 209 cm³/mol. The molecular formula is C37H68N8O12. The molecule has 0 saturated carbocycles. The van der Waals surface area contributed by atoms with Crippen molar-refractivity contribution in [2.24, 2.45) is 29.2 Å². The van der Waals surface area contributed by atoms with E-state index in [1.165, 1.54) is 13.8 Å². The standard InChI is InChI=1S/C37H68N8O12/c1-18(2)13-23(39)31(50)45-30(20(5)6)36(55)44-27(16-22(8)47)34(53)43-28(17-29(48)49)35(54)41-25(14-19(3)4)32(51)42-26(15-21(7)46)33(52)40-24(37(56)57)11-9-10-12-38/h18-28,30,46-47H,9-17,38-39H2,1-8H3,(H,40,52)(H,41,54)(H,42,51)(H,43,53)(H,44,55)(H,45,50)(H,48,49)(H,56,57)/t21-,22-,23+,24+,25+,26+,27+,28+,30+/m1/s1. The Morgan fingerprint density at radius 2 is 0.912 bits per heavy atom. The first-order valence-corrected chi connectivity index (χ1v) is 19.5. The van der Waals surface area contributed by atoms with Crippen LogP contribution in [0.2, 0.25) is 0 Å². The fraction of sp³-hybridized carbons (Fsp3) is 0.784. The van der Waals surface area contributed by atoms with E-state index in [9.17, 15) is 58.8 Å². The molecule has 0 heterocycles. The highest BCUT2D eigenvalue weighted by Gasteiger charge is 2.35. The van der Waals surface area contributed by atoms with Crippen LogP contribution in [0, 0.1) is 17.8 Å². The van der Waals surface area contributed by atoms with Crippen molar-refractivity contribution < 1.29 is 58.8 Å². The Morgan fingerprint density at radius 1 is 0.509 bits per heavy atom. The highest BCUT2D eigenvalue weighted by atomic mass is 16.4. The molecule has 9 atom stereocenters. The Labute approximate surface area is 334 Å². The summed E-state index contributed by atoms with van der Waals surface area (Å²) in [6.45, 7) is 13.5. The molecular weight excluding hydrogens is 748 g/mol. The van der Waals surface area contributed by atoms with Crippen LogP contribution in [0.3, 0.4) is 0 Å². The monoisotopic (exact) mass is 816 g/mol. The first-order chi connectivity index (χ1) is 26.4. The van der Waals surface area contributed by atoms with Crippen LogP contribution in [0.1, 0.15) is 107 Å². The largest absolute Gasteiger partial charge is 0.481 e. The maximum atomic E-state index is 13.6. The summed E-state index contributed by atoms with van der Waals surface area (Å²) in [5.41, 5.74) is 11.5. The molecule has 0 aliphatic rings. The Balaban J connectivity index is 6.30. The molecule has 20 nitrogen and oxygen atoms in total. The molecule has 0 aromatic rings. The summed E-state index contributed by atoms with van der Waals surface area (Å²) < 4.78 is 0. The third-order valence-electron chi connectivity index (χ3n) is 8.64. The second-order valence-corrected chi connectivity index (χ2v) is 15.8. The number of aliphatic hydroxyl groups excluding tert-OH is 2. The number of nitrogens with one attached hydrogen (secondary N) is 6. The highest BCUT2D eigenvalue weighted by molar-refractivity contribution is 5.98. The number of carboxylic acids is 2. The number of aliphatic hydroxyl groups is 2. The van der Waals surface area contributed by atoms with Crippen LogP contribution in [0.25, 0.3) is 0 Å². The molecule has 0 saturated heterocycles. The molecule has 0 unspecified atom stereocenters. The molecule has 0 bridgehead atoms. The lowest BCUT2D eigenvalue weighted by Gasteiger charge is -2.29. The van der Waals surface area contributed by atoms with Crippen molar-refractivity contribution >= 4 is 47.4 Å². The van der Waals surface area contributed by atoms with Gasteiger partial charge in [0, 0.05) is 12.8 Å². The summed E-state index contributed by atoms with van der Waals surface area (Å²) >= 11 is 0. The van der Waals surface area contributed by atoms with Crippen molar-refractivity contribution in [3.63, 3.8) is 0 Å². The average molecular weight is 817 g/mol. The Kier molecular flexibility index (Phi) is 24.5. The van der Waals surface area contributed by atoms with Crippen LogP contribution in [-0.2, 0) is 38.4 Å². The topological polar surface area (TPSA) is 342 Å². The summed E-state index contributed by atoms with van der Waals surface area (Å²) in [6, 6.07) is -9.53. The van der Waals surface area contributed by atoms with Crippen molar-refractivity contribution in [3.05, 3.63) is 0 Å². The van der Waals surface area contributed by atoms with E-state index >= 15 is 0 Å². The number of amides is 6. The SMILES string of the molecule is CC(C)C[C@H](NC(=O)[C@H](CC(=O)O)NC(=O)[C@H](C[C@@H](C)O)NC(=O)[C@@H](NC(=O)[C@@H](N)CC(C)C)C(C)C)C(=O)N[C@@H](C[C@@H](C)O)C(=O)N[C@@H](CCCCN)C(=O)O. The van der Waals surface area contributed by atoms with Gasteiger partial charge in [-0.3, -0.25) is 33.6 Å². The lowest BCUT2D eigenvalue weighted by Crippen LogP contribution is -2.61. The van der Waals surface area contributed by atoms with E-state index in [4.69, 9.17) is 11.5 Å². The van der Waals surface area contributed by atoms with Gasteiger partial charge in [0.1, 0.15) is 36.3 Å². The van der Waals surface area contributed by atoms with Gasteiger partial charge in [-0.1, -0.05) is 41.5 Å².